The van der Waals surface area contributed by atoms with Crippen LogP contribution in [0.1, 0.15) is 35.8 Å². The van der Waals surface area contributed by atoms with E-state index in [1.54, 1.807) is 6.07 Å². The monoisotopic (exact) mass is 387 g/mol. The Hall–Kier alpha value is -3.92. The first-order valence-corrected chi connectivity index (χ1v) is 9.12. The number of hydrogen-bond donors (Lipinski definition) is 1. The number of ether oxygens (including phenoxy) is 1. The van der Waals surface area contributed by atoms with Gasteiger partial charge in [-0.2, -0.15) is 5.26 Å². The number of nitrogens with two attached hydrogens (primary N) is 1. The van der Waals surface area contributed by atoms with Crippen LogP contribution in [0, 0.1) is 21.4 Å². The molecule has 0 unspecified atom stereocenters. The third-order valence-corrected chi connectivity index (χ3v) is 5.35. The molecule has 2 aromatic rings. The number of nitrogens with zero attached hydrogens (tertiary/aromatic N) is 2. The van der Waals surface area contributed by atoms with Crippen LogP contribution in [-0.2, 0) is 9.53 Å². The molecule has 0 saturated carbocycles. The standard InChI is InChI=1S/C22H17N3O4/c23-12-17-20(14-7-4-8-16(9-14)25(27)28)21-18(26)10-15(11-19(21)29-22(17)24)13-5-2-1-3-6-13/h1-9,15,20H,10-11,24H2/t15-,20+/m1/s1. The summed E-state index contributed by atoms with van der Waals surface area (Å²) in [5.41, 5.74) is 7.85. The number of hydrogen-bond acceptors (Lipinski definition) is 6. The van der Waals surface area contributed by atoms with Gasteiger partial charge in [-0.15, -0.1) is 0 Å². The average molecular weight is 387 g/mol. The summed E-state index contributed by atoms with van der Waals surface area (Å²) in [6, 6.07) is 17.6. The zero-order chi connectivity index (χ0) is 20.5. The van der Waals surface area contributed by atoms with E-state index in [2.05, 4.69) is 0 Å². The maximum Gasteiger partial charge on any atom is 0.269 e. The Morgan fingerprint density at radius 3 is 2.52 bits per heavy atom. The molecule has 2 atom stereocenters. The number of nitro benzene ring substituents is 1. The lowest BCUT2D eigenvalue weighted by Crippen LogP contribution is -2.29. The van der Waals surface area contributed by atoms with Crippen molar-refractivity contribution in [2.75, 3.05) is 0 Å². The number of non-ortho nitro benzene ring substituents is 1. The largest absolute Gasteiger partial charge is 0.444 e. The summed E-state index contributed by atoms with van der Waals surface area (Å²) in [5.74, 6) is -0.596. The van der Waals surface area contributed by atoms with Gasteiger partial charge in [0.25, 0.3) is 5.69 Å². The van der Waals surface area contributed by atoms with E-state index in [0.29, 0.717) is 23.3 Å². The smallest absolute Gasteiger partial charge is 0.269 e. The predicted molar refractivity (Wildman–Crippen MR) is 104 cm³/mol. The molecule has 2 N–H and O–H groups in total. The van der Waals surface area contributed by atoms with E-state index in [1.165, 1.54) is 18.2 Å². The molecule has 0 saturated heterocycles. The van der Waals surface area contributed by atoms with Gasteiger partial charge in [0.15, 0.2) is 5.78 Å². The van der Waals surface area contributed by atoms with Gasteiger partial charge >= 0.3 is 0 Å². The van der Waals surface area contributed by atoms with Crippen molar-refractivity contribution < 1.29 is 14.5 Å². The molecular formula is C22H17N3O4. The molecule has 0 radical (unpaired) electrons. The van der Waals surface area contributed by atoms with Crippen molar-refractivity contribution in [3.63, 3.8) is 0 Å². The minimum absolute atomic E-state index is 0.0513. The second-order valence-corrected chi connectivity index (χ2v) is 7.05. The van der Waals surface area contributed by atoms with Crippen LogP contribution in [0.15, 0.2) is 77.4 Å². The molecule has 1 aliphatic heterocycles. The third-order valence-electron chi connectivity index (χ3n) is 5.35. The Labute approximate surface area is 166 Å². The summed E-state index contributed by atoms with van der Waals surface area (Å²) >= 11 is 0. The van der Waals surface area contributed by atoms with Crippen molar-refractivity contribution in [2.45, 2.75) is 24.7 Å². The highest BCUT2D eigenvalue weighted by Gasteiger charge is 2.41. The number of Topliss-reactive ketones (excluding diaryl/α,β-unsaturated/α-hetero) is 1. The topological polar surface area (TPSA) is 119 Å². The number of nitriles is 1. The molecule has 7 nitrogen and oxygen atoms in total. The number of rotatable bonds is 3. The average Bonchev–Trinajstić information content (AvgIpc) is 2.73. The first-order valence-electron chi connectivity index (χ1n) is 9.12. The SMILES string of the molecule is N#CC1=C(N)OC2=C(C(=O)C[C@@H](c3ccccc3)C2)[C@H]1c1cccc([N+](=O)[O-])c1. The normalized spacial score (nSPS) is 21.3. The number of benzene rings is 2. The molecule has 1 aliphatic carbocycles. The first-order chi connectivity index (χ1) is 14.0. The van der Waals surface area contributed by atoms with Crippen LogP contribution in [0.4, 0.5) is 5.69 Å². The highest BCUT2D eigenvalue weighted by Crippen LogP contribution is 2.46. The van der Waals surface area contributed by atoms with E-state index in [1.807, 2.05) is 36.4 Å². The van der Waals surface area contributed by atoms with Crippen LogP contribution in [0.3, 0.4) is 0 Å². The summed E-state index contributed by atoms with van der Waals surface area (Å²) in [6.07, 6.45) is 0.742. The second-order valence-electron chi connectivity index (χ2n) is 7.05. The molecule has 0 amide bonds. The minimum atomic E-state index is -0.770. The maximum absolute atomic E-state index is 13.1. The van der Waals surface area contributed by atoms with Gasteiger partial charge in [-0.1, -0.05) is 42.5 Å². The van der Waals surface area contributed by atoms with E-state index in [4.69, 9.17) is 10.5 Å². The van der Waals surface area contributed by atoms with Crippen molar-refractivity contribution in [3.8, 4) is 6.07 Å². The van der Waals surface area contributed by atoms with Gasteiger partial charge in [0, 0.05) is 30.5 Å². The summed E-state index contributed by atoms with van der Waals surface area (Å²) in [6.45, 7) is 0. The van der Waals surface area contributed by atoms with E-state index >= 15 is 0 Å². The molecule has 7 heteroatoms. The number of nitro groups is 1. The Balaban J connectivity index is 1.81. The van der Waals surface area contributed by atoms with Crippen LogP contribution in [0.2, 0.25) is 0 Å². The summed E-state index contributed by atoms with van der Waals surface area (Å²) < 4.78 is 5.71. The van der Waals surface area contributed by atoms with Crippen molar-refractivity contribution in [1.82, 2.24) is 0 Å². The lowest BCUT2D eigenvalue weighted by atomic mass is 9.73. The van der Waals surface area contributed by atoms with Crippen LogP contribution in [-0.4, -0.2) is 10.7 Å². The van der Waals surface area contributed by atoms with Gasteiger partial charge in [-0.25, -0.2) is 0 Å². The van der Waals surface area contributed by atoms with E-state index in [9.17, 15) is 20.2 Å². The number of allylic oxidation sites excluding steroid dienone is 3. The quantitative estimate of drug-likeness (QED) is 0.632. The predicted octanol–water partition coefficient (Wildman–Crippen LogP) is 3.80. The fourth-order valence-electron chi connectivity index (χ4n) is 4.02. The van der Waals surface area contributed by atoms with Gasteiger partial charge < -0.3 is 10.5 Å². The molecule has 4 rings (SSSR count). The van der Waals surface area contributed by atoms with Crippen molar-refractivity contribution in [1.29, 1.82) is 5.26 Å². The molecule has 0 fully saturated rings. The fraction of sp³-hybridized carbons (Fsp3) is 0.182. The third kappa shape index (κ3) is 3.25. The Morgan fingerprint density at radius 1 is 1.10 bits per heavy atom. The van der Waals surface area contributed by atoms with Gasteiger partial charge in [-0.05, 0) is 17.0 Å². The van der Waals surface area contributed by atoms with Crippen LogP contribution < -0.4 is 5.73 Å². The van der Waals surface area contributed by atoms with Crippen molar-refractivity contribution >= 4 is 11.5 Å². The second kappa shape index (κ2) is 7.24. The Morgan fingerprint density at radius 2 is 1.83 bits per heavy atom. The molecule has 1 heterocycles. The van der Waals surface area contributed by atoms with Crippen LogP contribution in [0.25, 0.3) is 0 Å². The van der Waals surface area contributed by atoms with Crippen LogP contribution in [0.5, 0.6) is 0 Å². The highest BCUT2D eigenvalue weighted by molar-refractivity contribution is 6.00. The Kier molecular flexibility index (Phi) is 4.61. The zero-order valence-electron chi connectivity index (χ0n) is 15.4. The molecule has 0 bridgehead atoms. The molecule has 2 aromatic carbocycles. The highest BCUT2D eigenvalue weighted by atomic mass is 16.6. The molecule has 2 aliphatic rings. The number of ketones is 1. The van der Waals surface area contributed by atoms with Gasteiger partial charge in [-0.3, -0.25) is 14.9 Å². The van der Waals surface area contributed by atoms with Gasteiger partial charge in [0.2, 0.25) is 5.88 Å². The minimum Gasteiger partial charge on any atom is -0.444 e. The Bertz CT molecular complexity index is 1110. The first kappa shape index (κ1) is 18.4. The number of carbonyl (C=O) groups is 1. The summed E-state index contributed by atoms with van der Waals surface area (Å²) in [5, 5.41) is 20.8. The van der Waals surface area contributed by atoms with E-state index < -0.39 is 10.8 Å². The molecule has 0 spiro atoms. The van der Waals surface area contributed by atoms with Gasteiger partial charge in [0.1, 0.15) is 17.4 Å². The molecule has 144 valence electrons. The van der Waals surface area contributed by atoms with Gasteiger partial charge in [0.05, 0.1) is 10.8 Å². The summed E-state index contributed by atoms with van der Waals surface area (Å²) in [4.78, 5) is 23.8. The van der Waals surface area contributed by atoms with E-state index in [-0.39, 0.29) is 35.3 Å². The lowest BCUT2D eigenvalue weighted by Gasteiger charge is -2.34. The maximum atomic E-state index is 13.1. The molecule has 0 aromatic heterocycles. The summed E-state index contributed by atoms with van der Waals surface area (Å²) in [7, 11) is 0. The van der Waals surface area contributed by atoms with Crippen molar-refractivity contribution in [3.05, 3.63) is 98.6 Å². The van der Waals surface area contributed by atoms with E-state index in [0.717, 1.165) is 5.56 Å². The zero-order valence-corrected chi connectivity index (χ0v) is 15.4. The van der Waals surface area contributed by atoms with Crippen molar-refractivity contribution in [2.24, 2.45) is 5.73 Å². The van der Waals surface area contributed by atoms with Crippen LogP contribution >= 0.6 is 0 Å². The molecular weight excluding hydrogens is 370 g/mol. The number of carbonyl (C=O) groups excluding carboxylic acids is 1. The lowest BCUT2D eigenvalue weighted by molar-refractivity contribution is -0.384. The molecule has 29 heavy (non-hydrogen) atoms. The fourth-order valence-corrected chi connectivity index (χ4v) is 4.02.